The summed E-state index contributed by atoms with van der Waals surface area (Å²) in [5.41, 5.74) is -0.402. The van der Waals surface area contributed by atoms with Gasteiger partial charge in [0.2, 0.25) is 0 Å². The fraction of sp³-hybridized carbons (Fsp3) is 0.333. The Kier molecular flexibility index (Phi) is 7.72. The van der Waals surface area contributed by atoms with Crippen LogP contribution in [0.3, 0.4) is 0 Å². The van der Waals surface area contributed by atoms with Crippen molar-refractivity contribution in [1.82, 2.24) is 15.1 Å². The molecule has 3 rings (SSSR count). The highest BCUT2D eigenvalue weighted by molar-refractivity contribution is 6.05. The van der Waals surface area contributed by atoms with E-state index < -0.39 is 28.9 Å². The summed E-state index contributed by atoms with van der Waals surface area (Å²) in [4.78, 5) is 49.6. The zero-order chi connectivity index (χ0) is 24.8. The number of aromatic nitrogens is 2. The van der Waals surface area contributed by atoms with Crippen LogP contribution in [-0.2, 0) is 16.1 Å². The molecule has 2 aromatic carbocycles. The number of nitro groups is 1. The Morgan fingerprint density at radius 1 is 1.12 bits per heavy atom. The minimum absolute atomic E-state index is 0.00976. The number of nitrogens with zero attached hydrogens (tertiary/aromatic N) is 3. The number of rotatable bonds is 9. The molecule has 0 fully saturated rings. The highest BCUT2D eigenvalue weighted by Crippen LogP contribution is 2.28. The molecule has 1 aromatic heterocycles. The number of amides is 1. The highest BCUT2D eigenvalue weighted by Gasteiger charge is 2.28. The van der Waals surface area contributed by atoms with Crippen LogP contribution in [0.15, 0.2) is 53.3 Å². The third kappa shape index (κ3) is 5.45. The molecule has 0 aliphatic heterocycles. The monoisotopic (exact) mass is 466 g/mol. The van der Waals surface area contributed by atoms with Gasteiger partial charge in [-0.15, -0.1) is 0 Å². The molecular formula is C24H26N4O6. The number of para-hydroxylation sites is 1. The lowest BCUT2D eigenvalue weighted by atomic mass is 10.0. The minimum atomic E-state index is -1.05. The number of hydrogen-bond donors (Lipinski definition) is 1. The maximum Gasteiger partial charge on any atom is 0.308 e. The van der Waals surface area contributed by atoms with Gasteiger partial charge >= 0.3 is 5.97 Å². The first kappa shape index (κ1) is 24.6. The maximum absolute atomic E-state index is 13.4. The normalized spacial score (nSPS) is 11.9. The van der Waals surface area contributed by atoms with Crippen LogP contribution < -0.4 is 10.9 Å². The molecule has 0 bridgehead atoms. The summed E-state index contributed by atoms with van der Waals surface area (Å²) in [5, 5.41) is 19.3. The van der Waals surface area contributed by atoms with Gasteiger partial charge in [-0.25, -0.2) is 4.68 Å². The quantitative estimate of drug-likeness (QED) is 0.290. The molecule has 10 heteroatoms. The second-order valence-corrected chi connectivity index (χ2v) is 8.01. The summed E-state index contributed by atoms with van der Waals surface area (Å²) in [7, 11) is 0. The molecule has 0 aliphatic rings. The smallest absolute Gasteiger partial charge is 0.308 e. The topological polar surface area (TPSA) is 133 Å². The van der Waals surface area contributed by atoms with Crippen molar-refractivity contribution >= 4 is 28.3 Å². The van der Waals surface area contributed by atoms with Crippen molar-refractivity contribution in [2.45, 2.75) is 52.3 Å². The Labute approximate surface area is 195 Å². The summed E-state index contributed by atoms with van der Waals surface area (Å²) >= 11 is 0. The number of ether oxygens (including phenoxy) is 1. The number of hydrogen-bond acceptors (Lipinski definition) is 7. The second-order valence-electron chi connectivity index (χ2n) is 8.01. The zero-order valence-electron chi connectivity index (χ0n) is 19.2. The molecule has 0 spiro atoms. The van der Waals surface area contributed by atoms with Crippen molar-refractivity contribution in [2.24, 2.45) is 0 Å². The van der Waals surface area contributed by atoms with Crippen LogP contribution in [0.4, 0.5) is 5.69 Å². The van der Waals surface area contributed by atoms with Gasteiger partial charge in [0.1, 0.15) is 0 Å². The van der Waals surface area contributed by atoms with E-state index in [0.29, 0.717) is 23.7 Å². The number of carbonyl (C=O) groups excluding carboxylic acids is 2. The lowest BCUT2D eigenvalue weighted by Gasteiger charge is -2.20. The molecule has 178 valence electrons. The first-order valence-corrected chi connectivity index (χ1v) is 11.0. The van der Waals surface area contributed by atoms with E-state index in [1.54, 1.807) is 44.2 Å². The minimum Gasteiger partial charge on any atom is -0.463 e. The predicted molar refractivity (Wildman–Crippen MR) is 125 cm³/mol. The van der Waals surface area contributed by atoms with Gasteiger partial charge < -0.3 is 10.1 Å². The van der Waals surface area contributed by atoms with E-state index in [2.05, 4.69) is 10.4 Å². The van der Waals surface area contributed by atoms with Crippen LogP contribution in [0.25, 0.3) is 10.8 Å². The summed E-state index contributed by atoms with van der Waals surface area (Å²) < 4.78 is 6.43. The van der Waals surface area contributed by atoms with Crippen molar-refractivity contribution in [3.8, 4) is 0 Å². The number of esters is 1. The molecule has 1 N–H and O–H groups in total. The van der Waals surface area contributed by atoms with E-state index in [4.69, 9.17) is 4.74 Å². The van der Waals surface area contributed by atoms with E-state index in [0.717, 1.165) is 0 Å². The third-order valence-electron chi connectivity index (χ3n) is 5.07. The number of nitrogens with one attached hydrogen (secondary N) is 1. The van der Waals surface area contributed by atoms with Gasteiger partial charge in [0.05, 0.1) is 34.4 Å². The van der Waals surface area contributed by atoms with Crippen molar-refractivity contribution < 1.29 is 19.2 Å². The Morgan fingerprint density at radius 3 is 2.41 bits per heavy atom. The first-order valence-electron chi connectivity index (χ1n) is 11.0. The van der Waals surface area contributed by atoms with E-state index in [1.807, 2.05) is 6.92 Å². The van der Waals surface area contributed by atoms with Crippen molar-refractivity contribution in [3.63, 3.8) is 0 Å². The van der Waals surface area contributed by atoms with Crippen LogP contribution in [0, 0.1) is 10.1 Å². The van der Waals surface area contributed by atoms with Gasteiger partial charge in [0, 0.05) is 18.0 Å². The summed E-state index contributed by atoms with van der Waals surface area (Å²) in [6, 6.07) is 11.4. The molecule has 0 saturated heterocycles. The Bertz CT molecular complexity index is 1280. The number of nitro benzene ring substituents is 1. The third-order valence-corrected chi connectivity index (χ3v) is 5.07. The first-order chi connectivity index (χ1) is 16.2. The predicted octanol–water partition coefficient (Wildman–Crippen LogP) is 3.53. The lowest BCUT2D eigenvalue weighted by molar-refractivity contribution is -0.385. The van der Waals surface area contributed by atoms with E-state index in [-0.39, 0.29) is 28.9 Å². The van der Waals surface area contributed by atoms with Gasteiger partial charge in [-0.05, 0) is 26.3 Å². The average molecular weight is 466 g/mol. The molecule has 0 radical (unpaired) electrons. The lowest BCUT2D eigenvalue weighted by Crippen LogP contribution is -2.34. The molecule has 1 unspecified atom stereocenters. The Balaban J connectivity index is 2.07. The van der Waals surface area contributed by atoms with Crippen molar-refractivity contribution in [1.29, 1.82) is 0 Å². The molecule has 0 saturated carbocycles. The SMILES string of the molecule is CCCn1nc(C(=O)NC(CC(=O)OC(C)C)c2ccccc2[N+](=O)[O-])c2ccccc2c1=O. The van der Waals surface area contributed by atoms with E-state index in [9.17, 15) is 24.5 Å². The fourth-order valence-corrected chi connectivity index (χ4v) is 3.66. The van der Waals surface area contributed by atoms with Gasteiger partial charge in [-0.2, -0.15) is 5.10 Å². The Hall–Kier alpha value is -4.08. The highest BCUT2D eigenvalue weighted by atomic mass is 16.6. The molecule has 0 aliphatic carbocycles. The molecule has 34 heavy (non-hydrogen) atoms. The average Bonchev–Trinajstić information content (AvgIpc) is 2.80. The fourth-order valence-electron chi connectivity index (χ4n) is 3.66. The molecule has 3 aromatic rings. The van der Waals surface area contributed by atoms with E-state index in [1.165, 1.54) is 22.9 Å². The van der Waals surface area contributed by atoms with Gasteiger partial charge in [-0.1, -0.05) is 43.3 Å². The van der Waals surface area contributed by atoms with Crippen LogP contribution in [0.2, 0.25) is 0 Å². The maximum atomic E-state index is 13.4. The summed E-state index contributed by atoms with van der Waals surface area (Å²) in [6.45, 7) is 5.57. The largest absolute Gasteiger partial charge is 0.463 e. The standard InChI is InChI=1S/C24H26N4O6/c1-4-13-27-24(31)17-10-6-5-9-16(17)22(26-27)23(30)25-19(14-21(29)34-15(2)3)18-11-7-8-12-20(18)28(32)33/h5-12,15,19H,4,13-14H2,1-3H3,(H,25,30). The van der Waals surface area contributed by atoms with Crippen LogP contribution in [0.5, 0.6) is 0 Å². The van der Waals surface area contributed by atoms with Crippen LogP contribution >= 0.6 is 0 Å². The van der Waals surface area contributed by atoms with Crippen molar-refractivity contribution in [3.05, 3.63) is 80.3 Å². The van der Waals surface area contributed by atoms with Crippen LogP contribution in [-0.4, -0.2) is 32.7 Å². The van der Waals surface area contributed by atoms with E-state index >= 15 is 0 Å². The van der Waals surface area contributed by atoms with Gasteiger partial charge in [0.15, 0.2) is 5.69 Å². The number of benzene rings is 2. The Morgan fingerprint density at radius 2 is 1.76 bits per heavy atom. The van der Waals surface area contributed by atoms with Crippen molar-refractivity contribution in [2.75, 3.05) is 0 Å². The summed E-state index contributed by atoms with van der Waals surface area (Å²) in [6.07, 6.45) is -0.0779. The zero-order valence-corrected chi connectivity index (χ0v) is 19.2. The van der Waals surface area contributed by atoms with Gasteiger partial charge in [0.25, 0.3) is 17.2 Å². The molecular weight excluding hydrogens is 440 g/mol. The summed E-state index contributed by atoms with van der Waals surface area (Å²) in [5.74, 6) is -1.28. The molecule has 1 amide bonds. The number of carbonyl (C=O) groups is 2. The second kappa shape index (κ2) is 10.7. The molecule has 1 atom stereocenters. The number of fused-ring (bicyclic) bond motifs is 1. The number of aryl methyl sites for hydroxylation is 1. The van der Waals surface area contributed by atoms with Crippen LogP contribution in [0.1, 0.15) is 55.7 Å². The molecule has 1 heterocycles. The van der Waals surface area contributed by atoms with Gasteiger partial charge in [-0.3, -0.25) is 24.5 Å². The molecule has 10 nitrogen and oxygen atoms in total.